The molecule has 0 saturated carbocycles. The van der Waals surface area contributed by atoms with Gasteiger partial charge in [0.15, 0.2) is 12.0 Å². The van der Waals surface area contributed by atoms with E-state index in [0.29, 0.717) is 5.76 Å². The minimum atomic E-state index is 0.373. The van der Waals surface area contributed by atoms with Crippen LogP contribution in [-0.4, -0.2) is 18.2 Å². The zero-order valence-electron chi connectivity index (χ0n) is 9.64. The topological polar surface area (TPSA) is 33.5 Å². The van der Waals surface area contributed by atoms with Gasteiger partial charge >= 0.3 is 0 Å². The van der Waals surface area contributed by atoms with Crippen LogP contribution in [0.2, 0.25) is 0 Å². The lowest BCUT2D eigenvalue weighted by Crippen LogP contribution is -2.07. The molecule has 0 bridgehead atoms. The molecule has 3 heteroatoms. The fourth-order valence-corrected chi connectivity index (χ4v) is 2.29. The summed E-state index contributed by atoms with van der Waals surface area (Å²) in [6, 6.07) is 9.86. The normalized spacial score (nSPS) is 14.9. The van der Waals surface area contributed by atoms with Crippen LogP contribution >= 0.6 is 0 Å². The lowest BCUT2D eigenvalue weighted by atomic mass is 10.1. The van der Waals surface area contributed by atoms with Crippen LogP contribution < -0.4 is 0 Å². The number of hydrogen-bond donors (Lipinski definition) is 0. The standard InChI is InChI=1S/C14H13NO2/c1-15-7-11-3-2-10(6-12(11)8-15)14-5-4-13(9-16)17-14/h2-6,9H,7-8H2,1H3. The summed E-state index contributed by atoms with van der Waals surface area (Å²) in [7, 11) is 2.11. The maximum Gasteiger partial charge on any atom is 0.185 e. The highest BCUT2D eigenvalue weighted by Crippen LogP contribution is 2.28. The number of furan rings is 1. The molecule has 1 aliphatic rings. The number of hydrogen-bond acceptors (Lipinski definition) is 3. The second kappa shape index (κ2) is 3.86. The van der Waals surface area contributed by atoms with Gasteiger partial charge in [-0.15, -0.1) is 0 Å². The van der Waals surface area contributed by atoms with E-state index >= 15 is 0 Å². The SMILES string of the molecule is CN1Cc2ccc(-c3ccc(C=O)o3)cc2C1. The first kappa shape index (κ1) is 10.3. The van der Waals surface area contributed by atoms with E-state index in [9.17, 15) is 4.79 Å². The van der Waals surface area contributed by atoms with Crippen LogP contribution in [0.1, 0.15) is 21.7 Å². The highest BCUT2D eigenvalue weighted by atomic mass is 16.3. The van der Waals surface area contributed by atoms with Gasteiger partial charge in [0.05, 0.1) is 0 Å². The number of aldehydes is 1. The second-order valence-corrected chi connectivity index (χ2v) is 4.48. The number of benzene rings is 1. The molecule has 0 unspecified atom stereocenters. The summed E-state index contributed by atoms with van der Waals surface area (Å²) in [5.41, 5.74) is 3.75. The summed E-state index contributed by atoms with van der Waals surface area (Å²) in [6.07, 6.45) is 0.727. The van der Waals surface area contributed by atoms with E-state index in [2.05, 4.69) is 24.1 Å². The average molecular weight is 227 g/mol. The smallest absolute Gasteiger partial charge is 0.185 e. The number of nitrogens with zero attached hydrogens (tertiary/aromatic N) is 1. The molecule has 0 radical (unpaired) electrons. The Morgan fingerprint density at radius 2 is 2.00 bits per heavy atom. The van der Waals surface area contributed by atoms with E-state index in [0.717, 1.165) is 30.7 Å². The Labute approximate surface area is 99.7 Å². The van der Waals surface area contributed by atoms with Gasteiger partial charge in [0.1, 0.15) is 5.76 Å². The Kier molecular flexibility index (Phi) is 2.34. The molecule has 17 heavy (non-hydrogen) atoms. The summed E-state index contributed by atoms with van der Waals surface area (Å²) in [4.78, 5) is 12.9. The predicted molar refractivity (Wildman–Crippen MR) is 64.7 cm³/mol. The zero-order valence-corrected chi connectivity index (χ0v) is 9.64. The predicted octanol–water partition coefficient (Wildman–Crippen LogP) is 2.70. The molecule has 2 aromatic rings. The first-order chi connectivity index (χ1) is 8.26. The Morgan fingerprint density at radius 1 is 1.18 bits per heavy atom. The lowest BCUT2D eigenvalue weighted by Gasteiger charge is -2.02. The molecule has 0 aliphatic carbocycles. The van der Waals surface area contributed by atoms with E-state index in [-0.39, 0.29) is 0 Å². The van der Waals surface area contributed by atoms with Crippen molar-refractivity contribution in [2.24, 2.45) is 0 Å². The third kappa shape index (κ3) is 1.78. The first-order valence-electron chi connectivity index (χ1n) is 5.62. The van der Waals surface area contributed by atoms with Crippen molar-refractivity contribution in [1.82, 2.24) is 4.90 Å². The third-order valence-electron chi connectivity index (χ3n) is 3.11. The number of carbonyl (C=O) groups excluding carboxylic acids is 1. The molecule has 1 aromatic carbocycles. The van der Waals surface area contributed by atoms with E-state index in [1.807, 2.05) is 12.1 Å². The molecule has 0 saturated heterocycles. The summed E-state index contributed by atoms with van der Waals surface area (Å²) < 4.78 is 5.42. The van der Waals surface area contributed by atoms with E-state index in [1.165, 1.54) is 11.1 Å². The molecule has 0 atom stereocenters. The van der Waals surface area contributed by atoms with Gasteiger partial charge in [0.25, 0.3) is 0 Å². The van der Waals surface area contributed by atoms with Crippen LogP contribution in [0.25, 0.3) is 11.3 Å². The first-order valence-corrected chi connectivity index (χ1v) is 5.62. The van der Waals surface area contributed by atoms with Crippen molar-refractivity contribution in [2.45, 2.75) is 13.1 Å². The van der Waals surface area contributed by atoms with Crippen LogP contribution in [0.15, 0.2) is 34.7 Å². The number of rotatable bonds is 2. The fourth-order valence-electron chi connectivity index (χ4n) is 2.29. The van der Waals surface area contributed by atoms with Gasteiger partial charge in [0, 0.05) is 18.7 Å². The maximum atomic E-state index is 10.6. The molecule has 3 nitrogen and oxygen atoms in total. The molecular weight excluding hydrogens is 214 g/mol. The van der Waals surface area contributed by atoms with Crippen LogP contribution in [0.4, 0.5) is 0 Å². The van der Waals surface area contributed by atoms with Crippen molar-refractivity contribution >= 4 is 6.29 Å². The van der Waals surface area contributed by atoms with Gasteiger partial charge in [0.2, 0.25) is 0 Å². The minimum Gasteiger partial charge on any atom is -0.453 e. The summed E-state index contributed by atoms with van der Waals surface area (Å²) in [5, 5.41) is 0. The van der Waals surface area contributed by atoms with Gasteiger partial charge in [-0.1, -0.05) is 12.1 Å². The van der Waals surface area contributed by atoms with Crippen molar-refractivity contribution in [1.29, 1.82) is 0 Å². The minimum absolute atomic E-state index is 0.373. The molecular formula is C14H13NO2. The highest BCUT2D eigenvalue weighted by Gasteiger charge is 2.16. The van der Waals surface area contributed by atoms with Crippen LogP contribution in [0.5, 0.6) is 0 Å². The molecule has 3 rings (SSSR count). The van der Waals surface area contributed by atoms with Gasteiger partial charge in [-0.05, 0) is 36.4 Å². The maximum absolute atomic E-state index is 10.6. The quantitative estimate of drug-likeness (QED) is 0.739. The van der Waals surface area contributed by atoms with Gasteiger partial charge in [-0.25, -0.2) is 0 Å². The molecule has 2 heterocycles. The van der Waals surface area contributed by atoms with Gasteiger partial charge in [-0.2, -0.15) is 0 Å². The Balaban J connectivity index is 1.99. The molecule has 0 amide bonds. The molecule has 0 fully saturated rings. The van der Waals surface area contributed by atoms with Crippen molar-refractivity contribution in [2.75, 3.05) is 7.05 Å². The van der Waals surface area contributed by atoms with Crippen molar-refractivity contribution < 1.29 is 9.21 Å². The molecule has 0 spiro atoms. The van der Waals surface area contributed by atoms with Gasteiger partial charge in [-0.3, -0.25) is 9.69 Å². The monoisotopic (exact) mass is 227 g/mol. The Bertz CT molecular complexity index is 571. The second-order valence-electron chi connectivity index (χ2n) is 4.48. The third-order valence-corrected chi connectivity index (χ3v) is 3.11. The highest BCUT2D eigenvalue weighted by molar-refractivity contribution is 5.73. The van der Waals surface area contributed by atoms with Crippen LogP contribution in [0.3, 0.4) is 0 Å². The van der Waals surface area contributed by atoms with Crippen LogP contribution in [-0.2, 0) is 13.1 Å². The molecule has 0 N–H and O–H groups in total. The largest absolute Gasteiger partial charge is 0.453 e. The molecule has 1 aliphatic heterocycles. The van der Waals surface area contributed by atoms with Crippen molar-refractivity contribution in [3.63, 3.8) is 0 Å². The fraction of sp³-hybridized carbons (Fsp3) is 0.214. The van der Waals surface area contributed by atoms with Crippen molar-refractivity contribution in [3.8, 4) is 11.3 Å². The molecule has 86 valence electrons. The van der Waals surface area contributed by atoms with Crippen molar-refractivity contribution in [3.05, 3.63) is 47.2 Å². The number of fused-ring (bicyclic) bond motifs is 1. The Hall–Kier alpha value is -1.87. The van der Waals surface area contributed by atoms with E-state index < -0.39 is 0 Å². The zero-order chi connectivity index (χ0) is 11.8. The lowest BCUT2D eigenvalue weighted by molar-refractivity contribution is 0.110. The van der Waals surface area contributed by atoms with E-state index in [1.54, 1.807) is 6.07 Å². The average Bonchev–Trinajstić information content (AvgIpc) is 2.92. The molecule has 1 aromatic heterocycles. The summed E-state index contributed by atoms with van der Waals surface area (Å²) >= 11 is 0. The van der Waals surface area contributed by atoms with Gasteiger partial charge < -0.3 is 4.42 Å². The summed E-state index contributed by atoms with van der Waals surface area (Å²) in [6.45, 7) is 1.98. The van der Waals surface area contributed by atoms with Crippen LogP contribution in [0, 0.1) is 0 Å². The summed E-state index contributed by atoms with van der Waals surface area (Å²) in [5.74, 6) is 1.13. The number of carbonyl (C=O) groups is 1. The Morgan fingerprint density at radius 3 is 2.76 bits per heavy atom. The van der Waals surface area contributed by atoms with E-state index in [4.69, 9.17) is 4.42 Å².